The van der Waals surface area contributed by atoms with Crippen LogP contribution in [0.15, 0.2) is 34.9 Å². The Labute approximate surface area is 137 Å². The highest BCUT2D eigenvalue weighted by Crippen LogP contribution is 2.22. The summed E-state index contributed by atoms with van der Waals surface area (Å²) in [6.07, 6.45) is 3.75. The number of carbonyl (C=O) groups is 1. The molecular weight excluding hydrogens is 344 g/mol. The maximum absolute atomic E-state index is 12.4. The Balaban J connectivity index is 1.78. The summed E-state index contributed by atoms with van der Waals surface area (Å²) < 4.78 is 1.05. The van der Waals surface area contributed by atoms with Gasteiger partial charge in [-0.15, -0.1) is 0 Å². The van der Waals surface area contributed by atoms with E-state index in [-0.39, 0.29) is 5.91 Å². The number of carbonyl (C=O) groups excluding carboxylic acids is 1. The van der Waals surface area contributed by atoms with E-state index in [4.69, 9.17) is 0 Å². The van der Waals surface area contributed by atoms with Crippen molar-refractivity contribution in [1.82, 2.24) is 14.9 Å². The summed E-state index contributed by atoms with van der Waals surface area (Å²) in [4.78, 5) is 22.7. The molecule has 1 amide bonds. The van der Waals surface area contributed by atoms with Crippen LogP contribution in [0.25, 0.3) is 0 Å². The van der Waals surface area contributed by atoms with Crippen molar-refractivity contribution in [3.05, 3.63) is 46.2 Å². The number of nitrogens with one attached hydrogen (secondary N) is 1. The lowest BCUT2D eigenvalue weighted by molar-refractivity contribution is 0.0787. The van der Waals surface area contributed by atoms with Gasteiger partial charge < -0.3 is 10.2 Å². The Bertz CT molecular complexity index is 698. The van der Waals surface area contributed by atoms with Crippen molar-refractivity contribution in [2.24, 2.45) is 0 Å². The largest absolute Gasteiger partial charge is 0.337 e. The summed E-state index contributed by atoms with van der Waals surface area (Å²) in [5.74, 6) is 0.418. The highest BCUT2D eigenvalue weighted by atomic mass is 79.9. The first-order valence-electron chi connectivity index (χ1n) is 7.29. The second-order valence-corrected chi connectivity index (χ2v) is 6.21. The Morgan fingerprint density at radius 1 is 1.27 bits per heavy atom. The summed E-state index contributed by atoms with van der Waals surface area (Å²) in [5, 5.41) is 3.14. The third kappa shape index (κ3) is 3.27. The predicted molar refractivity (Wildman–Crippen MR) is 89.3 cm³/mol. The molecule has 22 heavy (non-hydrogen) atoms. The molecule has 1 saturated heterocycles. The zero-order valence-electron chi connectivity index (χ0n) is 12.3. The molecular formula is C16H17BrN4O. The molecule has 1 aromatic carbocycles. The van der Waals surface area contributed by atoms with E-state index in [0.29, 0.717) is 11.6 Å². The van der Waals surface area contributed by atoms with Crippen molar-refractivity contribution in [2.75, 3.05) is 18.4 Å². The van der Waals surface area contributed by atoms with E-state index in [0.717, 1.165) is 41.7 Å². The Hall–Kier alpha value is -1.95. The van der Waals surface area contributed by atoms with Gasteiger partial charge in [0.2, 0.25) is 5.95 Å². The van der Waals surface area contributed by atoms with Crippen LogP contribution < -0.4 is 5.32 Å². The van der Waals surface area contributed by atoms with Crippen LogP contribution in [0.2, 0.25) is 0 Å². The number of rotatable bonds is 3. The number of aryl methyl sites for hydroxylation is 1. The second-order valence-electron chi connectivity index (χ2n) is 5.35. The molecule has 114 valence electrons. The number of benzene rings is 1. The Kier molecular flexibility index (Phi) is 4.38. The van der Waals surface area contributed by atoms with Gasteiger partial charge in [-0.1, -0.05) is 15.9 Å². The summed E-state index contributed by atoms with van der Waals surface area (Å²) in [7, 11) is 0. The fourth-order valence-corrected chi connectivity index (χ4v) is 2.72. The maximum Gasteiger partial charge on any atom is 0.272 e. The minimum absolute atomic E-state index is 0.0186. The quantitative estimate of drug-likeness (QED) is 0.909. The Morgan fingerprint density at radius 2 is 2.05 bits per heavy atom. The number of likely N-dealkylation sites (tertiary alicyclic amines) is 1. The number of amides is 1. The third-order valence-electron chi connectivity index (χ3n) is 3.68. The molecule has 5 nitrogen and oxygen atoms in total. The summed E-state index contributed by atoms with van der Waals surface area (Å²) in [5.41, 5.74) is 2.45. The Morgan fingerprint density at radius 3 is 2.77 bits per heavy atom. The SMILES string of the molecule is Cc1cc(Nc2nccc(C(=O)N3CCCC3)n2)ccc1Br. The van der Waals surface area contributed by atoms with Gasteiger partial charge in [0.15, 0.2) is 0 Å². The lowest BCUT2D eigenvalue weighted by atomic mass is 10.2. The fourth-order valence-electron chi connectivity index (χ4n) is 2.47. The average molecular weight is 361 g/mol. The lowest BCUT2D eigenvalue weighted by Gasteiger charge is -2.15. The van der Waals surface area contributed by atoms with Crippen molar-refractivity contribution in [2.45, 2.75) is 19.8 Å². The molecule has 1 aliphatic rings. The molecule has 0 unspecified atom stereocenters. The molecule has 1 fully saturated rings. The molecule has 6 heteroatoms. The first-order valence-corrected chi connectivity index (χ1v) is 8.08. The monoisotopic (exact) mass is 360 g/mol. The fraction of sp³-hybridized carbons (Fsp3) is 0.312. The molecule has 0 spiro atoms. The van der Waals surface area contributed by atoms with Gasteiger partial charge in [0.25, 0.3) is 5.91 Å². The van der Waals surface area contributed by atoms with E-state index >= 15 is 0 Å². The average Bonchev–Trinajstić information content (AvgIpc) is 3.05. The van der Waals surface area contributed by atoms with E-state index in [1.807, 2.05) is 30.0 Å². The molecule has 1 N–H and O–H groups in total. The minimum atomic E-state index is -0.0186. The molecule has 1 aromatic heterocycles. The normalized spacial score (nSPS) is 14.2. The molecule has 0 atom stereocenters. The van der Waals surface area contributed by atoms with E-state index < -0.39 is 0 Å². The van der Waals surface area contributed by atoms with E-state index in [1.54, 1.807) is 12.3 Å². The molecule has 0 aliphatic carbocycles. The van der Waals surface area contributed by atoms with Crippen molar-refractivity contribution >= 4 is 33.5 Å². The number of anilines is 2. The first kappa shape index (κ1) is 15.0. The highest BCUT2D eigenvalue weighted by molar-refractivity contribution is 9.10. The summed E-state index contributed by atoms with van der Waals surface area (Å²) in [6, 6.07) is 7.58. The number of aromatic nitrogens is 2. The minimum Gasteiger partial charge on any atom is -0.337 e. The van der Waals surface area contributed by atoms with Crippen molar-refractivity contribution in [3.8, 4) is 0 Å². The van der Waals surface area contributed by atoms with Gasteiger partial charge in [-0.2, -0.15) is 0 Å². The molecule has 2 heterocycles. The molecule has 1 aliphatic heterocycles. The molecule has 0 radical (unpaired) electrons. The third-order valence-corrected chi connectivity index (χ3v) is 4.57. The van der Waals surface area contributed by atoms with E-state index in [2.05, 4.69) is 31.2 Å². The van der Waals surface area contributed by atoms with Crippen LogP contribution in [0.3, 0.4) is 0 Å². The van der Waals surface area contributed by atoms with Gasteiger partial charge in [-0.05, 0) is 49.6 Å². The van der Waals surface area contributed by atoms with Gasteiger partial charge >= 0.3 is 0 Å². The number of halogens is 1. The molecule has 2 aromatic rings. The summed E-state index contributed by atoms with van der Waals surface area (Å²) in [6.45, 7) is 3.65. The zero-order valence-corrected chi connectivity index (χ0v) is 13.9. The van der Waals surface area contributed by atoms with Crippen molar-refractivity contribution < 1.29 is 4.79 Å². The standard InChI is InChI=1S/C16H17BrN4O/c1-11-10-12(4-5-13(11)17)19-16-18-7-6-14(20-16)15(22)21-8-2-3-9-21/h4-7,10H,2-3,8-9H2,1H3,(H,18,19,20). The van der Waals surface area contributed by atoms with Crippen LogP contribution >= 0.6 is 15.9 Å². The van der Waals surface area contributed by atoms with Crippen LogP contribution in [0.5, 0.6) is 0 Å². The van der Waals surface area contributed by atoms with Gasteiger partial charge in [-0.3, -0.25) is 4.79 Å². The van der Waals surface area contributed by atoms with Crippen LogP contribution in [-0.2, 0) is 0 Å². The second kappa shape index (κ2) is 6.44. The van der Waals surface area contributed by atoms with Gasteiger partial charge in [0.1, 0.15) is 5.69 Å². The van der Waals surface area contributed by atoms with Crippen LogP contribution in [0.4, 0.5) is 11.6 Å². The molecule has 0 bridgehead atoms. The topological polar surface area (TPSA) is 58.1 Å². The predicted octanol–water partition coefficient (Wildman–Crippen LogP) is 3.53. The van der Waals surface area contributed by atoms with Crippen molar-refractivity contribution in [3.63, 3.8) is 0 Å². The van der Waals surface area contributed by atoms with Gasteiger partial charge in [0, 0.05) is 29.4 Å². The van der Waals surface area contributed by atoms with Crippen LogP contribution in [0.1, 0.15) is 28.9 Å². The van der Waals surface area contributed by atoms with E-state index in [9.17, 15) is 4.79 Å². The van der Waals surface area contributed by atoms with Crippen molar-refractivity contribution in [1.29, 1.82) is 0 Å². The number of hydrogen-bond donors (Lipinski definition) is 1. The summed E-state index contributed by atoms with van der Waals surface area (Å²) >= 11 is 3.47. The number of hydrogen-bond acceptors (Lipinski definition) is 4. The van der Waals surface area contributed by atoms with Crippen LogP contribution in [0, 0.1) is 6.92 Å². The smallest absolute Gasteiger partial charge is 0.272 e. The first-order chi connectivity index (χ1) is 10.6. The maximum atomic E-state index is 12.4. The number of nitrogens with zero attached hydrogens (tertiary/aromatic N) is 3. The molecule has 0 saturated carbocycles. The zero-order chi connectivity index (χ0) is 15.5. The highest BCUT2D eigenvalue weighted by Gasteiger charge is 2.20. The molecule has 3 rings (SSSR count). The van der Waals surface area contributed by atoms with Crippen LogP contribution in [-0.4, -0.2) is 33.9 Å². The van der Waals surface area contributed by atoms with Gasteiger partial charge in [-0.25, -0.2) is 9.97 Å². The van der Waals surface area contributed by atoms with Gasteiger partial charge in [0.05, 0.1) is 0 Å². The lowest BCUT2D eigenvalue weighted by Crippen LogP contribution is -2.28. The van der Waals surface area contributed by atoms with E-state index in [1.165, 1.54) is 0 Å².